The van der Waals surface area contributed by atoms with Gasteiger partial charge in [0.05, 0.1) is 0 Å². The summed E-state index contributed by atoms with van der Waals surface area (Å²) in [5.74, 6) is 0.971. The lowest BCUT2D eigenvalue weighted by Gasteiger charge is -2.12. The number of carbonyl (C=O) groups is 2. The predicted molar refractivity (Wildman–Crippen MR) is 67.2 cm³/mol. The average molecular weight is 224 g/mol. The van der Waals surface area contributed by atoms with E-state index in [1.54, 1.807) is 0 Å². The Balaban J connectivity index is 4.00. The van der Waals surface area contributed by atoms with E-state index in [0.29, 0.717) is 11.8 Å². The summed E-state index contributed by atoms with van der Waals surface area (Å²) in [6.45, 7) is 8.20. The summed E-state index contributed by atoms with van der Waals surface area (Å²) in [6, 6.07) is 0. The fourth-order valence-electron chi connectivity index (χ4n) is 1.48. The SMILES string of the molecule is CC(C)[C@@H](C=O)CC=CC[C@H](C=O)C(C)C. The van der Waals surface area contributed by atoms with Gasteiger partial charge in [0.2, 0.25) is 0 Å². The summed E-state index contributed by atoms with van der Waals surface area (Å²) in [6.07, 6.45) is 7.66. The summed E-state index contributed by atoms with van der Waals surface area (Å²) in [4.78, 5) is 21.5. The van der Waals surface area contributed by atoms with E-state index in [1.807, 2.05) is 12.2 Å². The quantitative estimate of drug-likeness (QED) is 0.468. The van der Waals surface area contributed by atoms with Crippen molar-refractivity contribution < 1.29 is 9.59 Å². The predicted octanol–water partition coefficient (Wildman–Crippen LogP) is 3.27. The molecule has 0 aliphatic rings. The summed E-state index contributed by atoms with van der Waals surface area (Å²) in [7, 11) is 0. The van der Waals surface area contributed by atoms with Gasteiger partial charge < -0.3 is 9.59 Å². The molecule has 92 valence electrons. The van der Waals surface area contributed by atoms with Gasteiger partial charge in [-0.25, -0.2) is 0 Å². The van der Waals surface area contributed by atoms with Crippen LogP contribution >= 0.6 is 0 Å². The minimum Gasteiger partial charge on any atom is -0.303 e. The van der Waals surface area contributed by atoms with Gasteiger partial charge in [0.1, 0.15) is 12.6 Å². The van der Waals surface area contributed by atoms with Crippen LogP contribution in [0.1, 0.15) is 40.5 Å². The van der Waals surface area contributed by atoms with Crippen molar-refractivity contribution in [2.45, 2.75) is 40.5 Å². The molecule has 0 spiro atoms. The first kappa shape index (κ1) is 15.1. The van der Waals surface area contributed by atoms with Gasteiger partial charge in [-0.15, -0.1) is 0 Å². The monoisotopic (exact) mass is 224 g/mol. The zero-order chi connectivity index (χ0) is 12.6. The second-order valence-electron chi connectivity index (χ2n) is 5.03. The Morgan fingerprint density at radius 1 is 0.750 bits per heavy atom. The van der Waals surface area contributed by atoms with Crippen LogP contribution in [0.25, 0.3) is 0 Å². The number of hydrogen-bond acceptors (Lipinski definition) is 2. The van der Waals surface area contributed by atoms with Crippen molar-refractivity contribution in [1.29, 1.82) is 0 Å². The Morgan fingerprint density at radius 2 is 1.06 bits per heavy atom. The van der Waals surface area contributed by atoms with Crippen LogP contribution in [-0.2, 0) is 9.59 Å². The van der Waals surface area contributed by atoms with Crippen LogP contribution in [0.4, 0.5) is 0 Å². The van der Waals surface area contributed by atoms with E-state index >= 15 is 0 Å². The molecule has 2 heteroatoms. The van der Waals surface area contributed by atoms with E-state index in [2.05, 4.69) is 27.7 Å². The van der Waals surface area contributed by atoms with Crippen molar-refractivity contribution in [3.8, 4) is 0 Å². The molecular weight excluding hydrogens is 200 g/mol. The molecule has 0 fully saturated rings. The van der Waals surface area contributed by atoms with Crippen LogP contribution in [0.2, 0.25) is 0 Å². The molecule has 0 radical (unpaired) electrons. The van der Waals surface area contributed by atoms with Gasteiger partial charge in [-0.3, -0.25) is 0 Å². The summed E-state index contributed by atoms with van der Waals surface area (Å²) < 4.78 is 0. The smallest absolute Gasteiger partial charge is 0.123 e. The van der Waals surface area contributed by atoms with Crippen molar-refractivity contribution in [1.82, 2.24) is 0 Å². The van der Waals surface area contributed by atoms with Crippen LogP contribution in [0.15, 0.2) is 12.2 Å². The number of rotatable bonds is 8. The standard InChI is InChI=1S/C14H24O2/c1-11(2)13(9-15)7-5-6-8-14(10-16)12(3)4/h5-6,9-14H,7-8H2,1-4H3/t13-,14-/m1/s1. The third kappa shape index (κ3) is 5.84. The average Bonchev–Trinajstić information content (AvgIpc) is 2.22. The molecule has 0 N–H and O–H groups in total. The minimum atomic E-state index is 0.102. The van der Waals surface area contributed by atoms with Crippen LogP contribution < -0.4 is 0 Å². The molecule has 0 heterocycles. The van der Waals surface area contributed by atoms with E-state index in [9.17, 15) is 9.59 Å². The topological polar surface area (TPSA) is 34.1 Å². The first-order valence-electron chi connectivity index (χ1n) is 6.08. The second kappa shape index (κ2) is 8.26. The highest BCUT2D eigenvalue weighted by Crippen LogP contribution is 2.16. The molecule has 0 rings (SSSR count). The van der Waals surface area contributed by atoms with E-state index in [1.165, 1.54) is 0 Å². The normalized spacial score (nSPS) is 15.6. The highest BCUT2D eigenvalue weighted by molar-refractivity contribution is 5.55. The van der Waals surface area contributed by atoms with Crippen LogP contribution in [-0.4, -0.2) is 12.6 Å². The maximum Gasteiger partial charge on any atom is 0.123 e. The first-order chi connectivity index (χ1) is 7.52. The van der Waals surface area contributed by atoms with Gasteiger partial charge in [-0.2, -0.15) is 0 Å². The molecule has 0 aromatic heterocycles. The van der Waals surface area contributed by atoms with Crippen molar-refractivity contribution >= 4 is 12.6 Å². The summed E-state index contributed by atoms with van der Waals surface area (Å²) in [5.41, 5.74) is 0. The molecule has 0 saturated carbocycles. The Kier molecular flexibility index (Phi) is 7.78. The van der Waals surface area contributed by atoms with Crippen LogP contribution in [0, 0.1) is 23.7 Å². The highest BCUT2D eigenvalue weighted by atomic mass is 16.1. The molecule has 2 nitrogen and oxygen atoms in total. The second-order valence-corrected chi connectivity index (χ2v) is 5.03. The molecule has 0 unspecified atom stereocenters. The maximum atomic E-state index is 10.7. The Labute approximate surface area is 99.1 Å². The number of aldehydes is 2. The first-order valence-corrected chi connectivity index (χ1v) is 6.08. The summed E-state index contributed by atoms with van der Waals surface area (Å²) >= 11 is 0. The molecule has 0 aromatic rings. The van der Waals surface area contributed by atoms with E-state index in [0.717, 1.165) is 25.4 Å². The highest BCUT2D eigenvalue weighted by Gasteiger charge is 2.11. The van der Waals surface area contributed by atoms with Crippen molar-refractivity contribution in [2.75, 3.05) is 0 Å². The molecule has 0 aromatic carbocycles. The Hall–Kier alpha value is -0.920. The van der Waals surface area contributed by atoms with E-state index in [4.69, 9.17) is 0 Å². The molecule has 0 bridgehead atoms. The van der Waals surface area contributed by atoms with Crippen LogP contribution in [0.5, 0.6) is 0 Å². The van der Waals surface area contributed by atoms with Gasteiger partial charge in [0, 0.05) is 11.8 Å². The number of allylic oxidation sites excluding steroid dienone is 2. The zero-order valence-electron chi connectivity index (χ0n) is 10.8. The fraction of sp³-hybridized carbons (Fsp3) is 0.714. The Bertz CT molecular complexity index is 205. The fourth-order valence-corrected chi connectivity index (χ4v) is 1.48. The molecule has 16 heavy (non-hydrogen) atoms. The summed E-state index contributed by atoms with van der Waals surface area (Å²) in [5, 5.41) is 0. The number of hydrogen-bond donors (Lipinski definition) is 0. The van der Waals surface area contributed by atoms with Gasteiger partial charge in [0.15, 0.2) is 0 Å². The van der Waals surface area contributed by atoms with E-state index < -0.39 is 0 Å². The lowest BCUT2D eigenvalue weighted by Crippen LogP contribution is -2.10. The zero-order valence-corrected chi connectivity index (χ0v) is 10.8. The number of carbonyl (C=O) groups excluding carboxylic acids is 2. The van der Waals surface area contributed by atoms with E-state index in [-0.39, 0.29) is 11.8 Å². The molecule has 0 amide bonds. The molecule has 0 aliphatic carbocycles. The van der Waals surface area contributed by atoms with Crippen molar-refractivity contribution in [3.63, 3.8) is 0 Å². The molecule has 0 aliphatic heterocycles. The van der Waals surface area contributed by atoms with Gasteiger partial charge in [0.25, 0.3) is 0 Å². The van der Waals surface area contributed by atoms with Crippen molar-refractivity contribution in [2.24, 2.45) is 23.7 Å². The van der Waals surface area contributed by atoms with Gasteiger partial charge >= 0.3 is 0 Å². The molecule has 0 saturated heterocycles. The Morgan fingerprint density at radius 3 is 1.25 bits per heavy atom. The third-order valence-corrected chi connectivity index (χ3v) is 3.05. The maximum absolute atomic E-state index is 10.7. The van der Waals surface area contributed by atoms with Crippen molar-refractivity contribution in [3.05, 3.63) is 12.2 Å². The van der Waals surface area contributed by atoms with Crippen LogP contribution in [0.3, 0.4) is 0 Å². The third-order valence-electron chi connectivity index (χ3n) is 3.05. The molecular formula is C14H24O2. The molecule has 2 atom stereocenters. The largest absolute Gasteiger partial charge is 0.303 e. The minimum absolute atomic E-state index is 0.102. The van der Waals surface area contributed by atoms with Gasteiger partial charge in [-0.1, -0.05) is 39.8 Å². The lowest BCUT2D eigenvalue weighted by molar-refractivity contribution is -0.112. The van der Waals surface area contributed by atoms with Gasteiger partial charge in [-0.05, 0) is 24.7 Å². The lowest BCUT2D eigenvalue weighted by atomic mass is 9.92.